The zero-order valence-electron chi connectivity index (χ0n) is 16.4. The summed E-state index contributed by atoms with van der Waals surface area (Å²) in [6.07, 6.45) is -0.616. The fraction of sp³-hybridized carbons (Fsp3) is 0.286. The number of fused-ring (bicyclic) bond motifs is 2. The van der Waals surface area contributed by atoms with Gasteiger partial charge in [0.15, 0.2) is 17.5 Å². The summed E-state index contributed by atoms with van der Waals surface area (Å²) in [5.41, 5.74) is 0.951. The van der Waals surface area contributed by atoms with Gasteiger partial charge in [-0.05, 0) is 35.2 Å². The molecular formula is C21H23ClIN3O3S. The Morgan fingerprint density at radius 3 is 2.80 bits per heavy atom. The molecule has 0 saturated carbocycles. The molecule has 1 aromatic heterocycles. The van der Waals surface area contributed by atoms with Crippen molar-refractivity contribution in [3.05, 3.63) is 57.9 Å². The number of aliphatic hydroxyl groups is 1. The maximum atomic E-state index is 10.5. The lowest BCUT2D eigenvalue weighted by Crippen LogP contribution is -2.38. The first-order chi connectivity index (χ1) is 14.1. The van der Waals surface area contributed by atoms with Crippen molar-refractivity contribution in [2.75, 3.05) is 26.8 Å². The number of nitrogens with one attached hydrogen (secondary N) is 2. The van der Waals surface area contributed by atoms with E-state index in [1.165, 1.54) is 4.70 Å². The molecule has 3 aromatic rings. The van der Waals surface area contributed by atoms with Crippen molar-refractivity contribution < 1.29 is 14.6 Å². The van der Waals surface area contributed by atoms with Gasteiger partial charge in [-0.15, -0.1) is 35.3 Å². The molecule has 0 fully saturated rings. The van der Waals surface area contributed by atoms with Crippen molar-refractivity contribution in [1.29, 1.82) is 0 Å². The fourth-order valence-electron chi connectivity index (χ4n) is 3.13. The zero-order valence-corrected chi connectivity index (χ0v) is 20.3. The Kier molecular flexibility index (Phi) is 8.04. The average Bonchev–Trinajstić information content (AvgIpc) is 3.18. The van der Waals surface area contributed by atoms with E-state index in [4.69, 9.17) is 21.1 Å². The first-order valence-electron chi connectivity index (χ1n) is 9.33. The van der Waals surface area contributed by atoms with Crippen molar-refractivity contribution in [2.45, 2.75) is 12.6 Å². The van der Waals surface area contributed by atoms with Crippen LogP contribution in [0.4, 0.5) is 0 Å². The van der Waals surface area contributed by atoms with Crippen LogP contribution in [0.3, 0.4) is 0 Å². The molecule has 0 saturated heterocycles. The van der Waals surface area contributed by atoms with Gasteiger partial charge >= 0.3 is 0 Å². The molecule has 1 aliphatic rings. The van der Waals surface area contributed by atoms with Gasteiger partial charge in [0, 0.05) is 29.7 Å². The minimum absolute atomic E-state index is 0. The van der Waals surface area contributed by atoms with Gasteiger partial charge in [0.25, 0.3) is 0 Å². The highest BCUT2D eigenvalue weighted by Crippen LogP contribution is 2.38. The summed E-state index contributed by atoms with van der Waals surface area (Å²) >= 11 is 7.89. The number of thiophene rings is 1. The van der Waals surface area contributed by atoms with E-state index in [9.17, 15) is 5.11 Å². The van der Waals surface area contributed by atoms with Gasteiger partial charge in [0.05, 0.1) is 5.02 Å². The van der Waals surface area contributed by atoms with E-state index in [1.54, 1.807) is 18.4 Å². The van der Waals surface area contributed by atoms with Crippen LogP contribution in [-0.2, 0) is 6.54 Å². The Hall–Kier alpha value is -1.75. The van der Waals surface area contributed by atoms with Crippen molar-refractivity contribution in [1.82, 2.24) is 10.6 Å². The number of ether oxygens (including phenoxy) is 2. The summed E-state index contributed by atoms with van der Waals surface area (Å²) in [7, 11) is 1.69. The molecule has 0 bridgehead atoms. The van der Waals surface area contributed by atoms with E-state index in [0.29, 0.717) is 48.8 Å². The Morgan fingerprint density at radius 2 is 2.00 bits per heavy atom. The van der Waals surface area contributed by atoms with Crippen molar-refractivity contribution in [2.24, 2.45) is 4.99 Å². The molecule has 2 heterocycles. The second-order valence-electron chi connectivity index (χ2n) is 6.61. The molecule has 30 heavy (non-hydrogen) atoms. The van der Waals surface area contributed by atoms with Crippen LogP contribution < -0.4 is 20.1 Å². The molecule has 0 radical (unpaired) electrons. The summed E-state index contributed by atoms with van der Waals surface area (Å²) in [5.74, 6) is 1.84. The molecule has 3 N–H and O–H groups in total. The predicted molar refractivity (Wildman–Crippen MR) is 133 cm³/mol. The topological polar surface area (TPSA) is 75.1 Å². The molecule has 1 aliphatic heterocycles. The van der Waals surface area contributed by atoms with Gasteiger partial charge in [-0.2, -0.15) is 0 Å². The Labute approximate surface area is 201 Å². The Morgan fingerprint density at radius 1 is 1.20 bits per heavy atom. The highest BCUT2D eigenvalue weighted by molar-refractivity contribution is 14.0. The van der Waals surface area contributed by atoms with Gasteiger partial charge in [-0.3, -0.25) is 4.99 Å². The number of nitrogens with zero attached hydrogens (tertiary/aromatic N) is 1. The summed E-state index contributed by atoms with van der Waals surface area (Å²) in [4.78, 5) is 5.14. The molecule has 4 rings (SSSR count). The van der Waals surface area contributed by atoms with Gasteiger partial charge in [-0.1, -0.05) is 29.8 Å². The van der Waals surface area contributed by atoms with Gasteiger partial charge in [0.2, 0.25) is 0 Å². The monoisotopic (exact) mass is 559 g/mol. The van der Waals surface area contributed by atoms with Crippen LogP contribution in [0.1, 0.15) is 16.5 Å². The lowest BCUT2D eigenvalue weighted by Gasteiger charge is -2.20. The van der Waals surface area contributed by atoms with Crippen LogP contribution in [0.15, 0.2) is 47.5 Å². The Balaban J connectivity index is 0.00000256. The maximum absolute atomic E-state index is 10.5. The molecular weight excluding hydrogens is 537 g/mol. The zero-order chi connectivity index (χ0) is 20.2. The second-order valence-corrected chi connectivity index (χ2v) is 8.13. The number of hydrogen-bond donors (Lipinski definition) is 3. The highest BCUT2D eigenvalue weighted by atomic mass is 127. The number of benzene rings is 2. The molecule has 2 aromatic carbocycles. The quantitative estimate of drug-likeness (QED) is 0.246. The number of halogens is 2. The highest BCUT2D eigenvalue weighted by Gasteiger charge is 2.17. The van der Waals surface area contributed by atoms with Crippen molar-refractivity contribution in [3.63, 3.8) is 0 Å². The molecule has 0 amide bonds. The first-order valence-corrected chi connectivity index (χ1v) is 10.5. The van der Waals surface area contributed by atoms with Crippen LogP contribution in [0.5, 0.6) is 11.5 Å². The minimum Gasteiger partial charge on any atom is -0.486 e. The SMILES string of the molecule is CN=C(NCc1cc(Cl)c2c(c1)OCCO2)NCC(O)c1cc2ccccc2s1.I. The standard InChI is InChI=1S/C21H22ClN3O3S.HI/c1-23-21(24-11-13-8-15(22)20-17(9-13)27-6-7-28-20)25-12-16(26)19-10-14-4-2-3-5-18(14)29-19;/h2-5,8-10,16,26H,6-7,11-12H2,1H3,(H2,23,24,25);1H. The van der Waals surface area contributed by atoms with E-state index in [0.717, 1.165) is 15.8 Å². The van der Waals surface area contributed by atoms with E-state index in [2.05, 4.69) is 27.8 Å². The lowest BCUT2D eigenvalue weighted by atomic mass is 10.2. The van der Waals surface area contributed by atoms with Gasteiger partial charge in [0.1, 0.15) is 19.3 Å². The summed E-state index contributed by atoms with van der Waals surface area (Å²) in [6, 6.07) is 13.9. The smallest absolute Gasteiger partial charge is 0.191 e. The molecule has 6 nitrogen and oxygen atoms in total. The molecule has 0 aliphatic carbocycles. The third kappa shape index (κ3) is 5.29. The minimum atomic E-state index is -0.616. The van der Waals surface area contributed by atoms with Gasteiger partial charge < -0.3 is 25.2 Å². The number of aliphatic imine (C=N–C) groups is 1. The van der Waals surface area contributed by atoms with Crippen LogP contribution >= 0.6 is 46.9 Å². The lowest BCUT2D eigenvalue weighted by molar-refractivity contribution is 0.171. The first kappa shape index (κ1) is 22.9. The number of rotatable bonds is 5. The molecule has 1 atom stereocenters. The number of aliphatic hydroxyl groups excluding tert-OH is 1. The van der Waals surface area contributed by atoms with E-state index in [-0.39, 0.29) is 24.0 Å². The van der Waals surface area contributed by atoms with E-state index < -0.39 is 6.10 Å². The van der Waals surface area contributed by atoms with Crippen LogP contribution in [0.25, 0.3) is 10.1 Å². The van der Waals surface area contributed by atoms with Crippen molar-refractivity contribution in [3.8, 4) is 11.5 Å². The largest absolute Gasteiger partial charge is 0.486 e. The normalized spacial score (nSPS) is 14.2. The predicted octanol–water partition coefficient (Wildman–Crippen LogP) is 4.34. The van der Waals surface area contributed by atoms with Crippen molar-refractivity contribution >= 4 is 63.0 Å². The second kappa shape index (κ2) is 10.5. The van der Waals surface area contributed by atoms with Crippen LogP contribution in [0.2, 0.25) is 5.02 Å². The maximum Gasteiger partial charge on any atom is 0.191 e. The molecule has 160 valence electrons. The van der Waals surface area contributed by atoms with Gasteiger partial charge in [-0.25, -0.2) is 0 Å². The van der Waals surface area contributed by atoms with Crippen LogP contribution in [-0.4, -0.2) is 37.9 Å². The molecule has 0 spiro atoms. The number of hydrogen-bond acceptors (Lipinski definition) is 5. The average molecular weight is 560 g/mol. The molecule has 9 heteroatoms. The summed E-state index contributed by atoms with van der Waals surface area (Å²) in [6.45, 7) is 1.88. The summed E-state index contributed by atoms with van der Waals surface area (Å²) < 4.78 is 12.3. The molecule has 1 unspecified atom stereocenters. The van der Waals surface area contributed by atoms with E-state index >= 15 is 0 Å². The fourth-order valence-corrected chi connectivity index (χ4v) is 4.47. The third-order valence-corrected chi connectivity index (χ3v) is 6.07. The number of guanidine groups is 1. The Bertz CT molecular complexity index is 1010. The summed E-state index contributed by atoms with van der Waals surface area (Å²) in [5, 5.41) is 18.6. The van der Waals surface area contributed by atoms with Crippen LogP contribution in [0, 0.1) is 0 Å². The van der Waals surface area contributed by atoms with E-state index in [1.807, 2.05) is 30.3 Å². The third-order valence-electron chi connectivity index (χ3n) is 4.58.